The quantitative estimate of drug-likeness (QED) is 0.0299. The van der Waals surface area contributed by atoms with E-state index < -0.39 is 33.7 Å². The molecule has 734 valence electrons. The SMILES string of the molecule is C=c1nc2c(c(=O)[nH]1)=Nc1cc(C)c(CCC)cc1N2CCCc1ccccc1.C=c1nc2c(c(=O)[nH]1)=Nc1cc(CC)c(C)cc1N2CCCc1ccccc1.CCCc1ccc2c(c1)nc1c(=O)[nH]c(=O)nc-1n2CCCc1ccc(C)cc1.CCc1cc2nc3c(=O)[nH]c(=O)nc-3n(CCCc3ccc(C)cc3)c2cc1C.CCc1cc2nc3c(=O)[nH]c(=O)nc-3n(CCCc3cccc(C)c3)c2cc1C. The van der Waals surface area contributed by atoms with Crippen molar-refractivity contribution in [1.29, 1.82) is 0 Å². The molecule has 0 aliphatic carbocycles. The molecule has 2 aromatic heterocycles. The highest BCUT2D eigenvalue weighted by molar-refractivity contribution is 5.84. The zero-order chi connectivity index (χ0) is 102. The normalized spacial score (nSPS) is 11.8. The molecule has 0 saturated heterocycles. The van der Waals surface area contributed by atoms with E-state index in [0.29, 0.717) is 70.4 Å². The lowest BCUT2D eigenvalue weighted by molar-refractivity contribution is 0.648. The predicted molar refractivity (Wildman–Crippen MR) is 575 cm³/mol. The number of aryl methyl sites for hydroxylation is 20. The summed E-state index contributed by atoms with van der Waals surface area (Å²) in [5.41, 5.74) is 27.1. The summed E-state index contributed by atoms with van der Waals surface area (Å²) in [4.78, 5) is 158. The second kappa shape index (κ2) is 45.6. The standard InChI is InChI=1S/C24H26N4O.3C23H24N4O2.C23H24N4O/c1-4-9-19-15-21-20(14-16(19)2)27-22-23(25-17(3)26-24(22)29)28(21)13-8-12-18-10-6-5-7-11-18;1-4-17-13-18-19(12-15(17)3)27(10-6-9-16-8-5-7-14(2)11-16)21-20(24-18)22(28)26-23(29)25-21;1-4-17-13-18-19(12-15(17)3)27(11-5-6-16-9-7-14(2)8-10-16)21-20(24-18)22(28)26-23(29)25-21;1-3-5-17-11-12-19-18(14-17)24-20-21(25-23(29)26-22(20)28)27(19)13-4-6-16-9-7-15(2)8-10-16;1-4-18-14-19-20(13-15(18)2)27(12-8-11-17-9-6-5-7-10-17)22-21(26-19)23(28)25-16(3)24-22/h5-7,10-11,14-15H,3-4,8-9,12-13H2,1-2H3,(H,26,29);5,7-8,11-13H,4,6,9-10H2,1-3H3,(H,26,28,29);7-10,12-13H,4-6,11H2,1-3H3,(H,26,28,29);7-12,14H,3-6,13H2,1-2H3,(H,26,28,29);5-7,9-10,13-14H,3-4,8,11-12H2,1-2H3,(H,25,28). The summed E-state index contributed by atoms with van der Waals surface area (Å²) in [5, 5.41) is 0.734. The first-order chi connectivity index (χ1) is 69.6. The zero-order valence-corrected chi connectivity index (χ0v) is 84.0. The Labute approximate surface area is 833 Å². The van der Waals surface area contributed by atoms with E-state index in [4.69, 9.17) is 0 Å². The Bertz CT molecular complexity index is 8460. The number of nitrogens with zero attached hydrogens (tertiary/aromatic N) is 15. The fourth-order valence-corrected chi connectivity index (χ4v) is 19.1. The molecule has 10 heterocycles. The maximum atomic E-state index is 12.5. The molecule has 0 amide bonds. The Kier molecular flexibility index (Phi) is 31.9. The van der Waals surface area contributed by atoms with E-state index in [9.17, 15) is 38.4 Å². The van der Waals surface area contributed by atoms with Gasteiger partial charge in [-0.05, 0) is 283 Å². The van der Waals surface area contributed by atoms with Crippen LogP contribution in [-0.4, -0.2) is 91.6 Å². The van der Waals surface area contributed by atoms with Crippen LogP contribution in [0.4, 0.5) is 34.4 Å². The first kappa shape index (κ1) is 101. The minimum atomic E-state index is -0.641. The van der Waals surface area contributed by atoms with Gasteiger partial charge in [-0.15, -0.1) is 0 Å². The second-order valence-electron chi connectivity index (χ2n) is 37.2. The first-order valence-electron chi connectivity index (χ1n) is 49.8. The fraction of sp³-hybridized carbons (Fsp3) is 0.293. The van der Waals surface area contributed by atoms with Crippen LogP contribution < -0.4 is 76.3 Å². The van der Waals surface area contributed by atoms with E-state index in [-0.39, 0.29) is 28.2 Å². The Morgan fingerprint density at radius 3 is 1.08 bits per heavy atom. The number of aromatic nitrogens is 16. The van der Waals surface area contributed by atoms with Crippen LogP contribution in [0, 0.1) is 48.5 Å². The van der Waals surface area contributed by atoms with Gasteiger partial charge in [-0.2, -0.15) is 15.0 Å². The number of nitrogens with one attached hydrogen (secondary N) is 5. The van der Waals surface area contributed by atoms with Crippen molar-refractivity contribution in [3.63, 3.8) is 0 Å². The highest BCUT2D eigenvalue weighted by Crippen LogP contribution is 2.40. The largest absolute Gasteiger partial charge is 0.349 e. The summed E-state index contributed by atoms with van der Waals surface area (Å²) >= 11 is 0. The smallest absolute Gasteiger partial charge is 0.322 e. The molecule has 0 unspecified atom stereocenters. The molecule has 0 saturated carbocycles. The molecule has 144 heavy (non-hydrogen) atoms. The van der Waals surface area contributed by atoms with Gasteiger partial charge in [0.2, 0.25) is 0 Å². The Morgan fingerprint density at radius 2 is 0.646 bits per heavy atom. The summed E-state index contributed by atoms with van der Waals surface area (Å²) in [5.74, 6) is 2.24. The number of aromatic amines is 5. The Morgan fingerprint density at radius 1 is 0.285 bits per heavy atom. The third-order valence-corrected chi connectivity index (χ3v) is 26.5. The molecule has 0 radical (unpaired) electrons. The van der Waals surface area contributed by atoms with Gasteiger partial charge >= 0.3 is 17.1 Å². The molecule has 8 aliphatic heterocycles. The average molecular weight is 1920 g/mol. The number of rotatable bonds is 27. The average Bonchev–Trinajstić information content (AvgIpc) is 0.766. The van der Waals surface area contributed by atoms with Crippen LogP contribution in [0.15, 0.2) is 249 Å². The molecule has 0 fully saturated rings. The van der Waals surface area contributed by atoms with E-state index in [2.05, 4.69) is 345 Å². The van der Waals surface area contributed by atoms with Crippen molar-refractivity contribution in [2.45, 2.75) is 212 Å². The van der Waals surface area contributed by atoms with Crippen molar-refractivity contribution in [2.24, 2.45) is 9.98 Å². The molecule has 0 bridgehead atoms. The van der Waals surface area contributed by atoms with Gasteiger partial charge in [0.1, 0.15) is 11.0 Å². The van der Waals surface area contributed by atoms with Crippen molar-refractivity contribution in [3.05, 3.63) is 400 Å². The topological polar surface area (TPSA) is 365 Å². The summed E-state index contributed by atoms with van der Waals surface area (Å²) in [6, 6.07) is 69.3. The maximum absolute atomic E-state index is 12.5. The zero-order valence-electron chi connectivity index (χ0n) is 84.0. The van der Waals surface area contributed by atoms with Crippen LogP contribution >= 0.6 is 0 Å². The molecule has 28 nitrogen and oxygen atoms in total. The van der Waals surface area contributed by atoms with Gasteiger partial charge in [0.15, 0.2) is 56.9 Å². The van der Waals surface area contributed by atoms with Crippen LogP contribution in [0.1, 0.15) is 174 Å². The molecule has 5 N–H and O–H groups in total. The van der Waals surface area contributed by atoms with E-state index in [0.717, 1.165) is 178 Å². The molecule has 20 rings (SSSR count). The molecule has 0 atom stereocenters. The molecule has 28 heteroatoms. The van der Waals surface area contributed by atoms with Crippen molar-refractivity contribution in [2.75, 3.05) is 22.9 Å². The molecule has 8 aliphatic rings. The van der Waals surface area contributed by atoms with Crippen molar-refractivity contribution >= 4 is 80.6 Å². The Hall–Kier alpha value is -16.3. The monoisotopic (exact) mass is 1920 g/mol. The number of fused-ring (bicyclic) bond motifs is 10. The number of hydrogen-bond acceptors (Lipinski definition) is 20. The van der Waals surface area contributed by atoms with E-state index >= 15 is 0 Å². The number of hydrogen-bond donors (Lipinski definition) is 5. The molecule has 12 aromatic rings. The minimum Gasteiger partial charge on any atom is -0.322 e. The lowest BCUT2D eigenvalue weighted by Gasteiger charge is -2.29. The van der Waals surface area contributed by atoms with Crippen LogP contribution in [0.5, 0.6) is 0 Å². The van der Waals surface area contributed by atoms with Gasteiger partial charge in [-0.25, -0.2) is 49.3 Å². The van der Waals surface area contributed by atoms with E-state index in [1.807, 2.05) is 50.1 Å². The number of benzene rings is 10. The molecular formula is C116H122N20O8. The minimum absolute atomic E-state index is 0.207. The van der Waals surface area contributed by atoms with Gasteiger partial charge in [-0.1, -0.05) is 217 Å². The van der Waals surface area contributed by atoms with Crippen molar-refractivity contribution in [1.82, 2.24) is 78.5 Å². The summed E-state index contributed by atoms with van der Waals surface area (Å²) in [7, 11) is 0. The highest BCUT2D eigenvalue weighted by atomic mass is 16.2. The van der Waals surface area contributed by atoms with Crippen LogP contribution in [0.25, 0.3) is 80.8 Å². The lowest BCUT2D eigenvalue weighted by atomic mass is 10.0. The van der Waals surface area contributed by atoms with Crippen LogP contribution in [0.2, 0.25) is 0 Å². The van der Waals surface area contributed by atoms with Gasteiger partial charge in [-0.3, -0.25) is 38.9 Å². The highest BCUT2D eigenvalue weighted by Gasteiger charge is 2.29. The third kappa shape index (κ3) is 23.5. The van der Waals surface area contributed by atoms with Gasteiger partial charge in [0.05, 0.1) is 55.8 Å². The van der Waals surface area contributed by atoms with Crippen LogP contribution in [0.3, 0.4) is 0 Å². The van der Waals surface area contributed by atoms with Crippen LogP contribution in [-0.2, 0) is 83.8 Å². The molecule has 10 aromatic carbocycles. The van der Waals surface area contributed by atoms with E-state index in [1.54, 1.807) is 0 Å². The van der Waals surface area contributed by atoms with E-state index in [1.165, 1.54) is 94.6 Å². The second-order valence-corrected chi connectivity index (χ2v) is 37.2. The van der Waals surface area contributed by atoms with Crippen molar-refractivity contribution in [3.8, 4) is 34.6 Å². The first-order valence-corrected chi connectivity index (χ1v) is 49.8. The van der Waals surface area contributed by atoms with Gasteiger partial charge < -0.3 is 33.5 Å². The summed E-state index contributed by atoms with van der Waals surface area (Å²) in [6.07, 6.45) is 15.9. The van der Waals surface area contributed by atoms with Gasteiger partial charge in [0, 0.05) is 32.7 Å². The fourth-order valence-electron chi connectivity index (χ4n) is 19.1. The predicted octanol–water partition coefficient (Wildman–Crippen LogP) is 16.8. The summed E-state index contributed by atoms with van der Waals surface area (Å²) in [6.45, 7) is 36.4. The molecular weight excluding hydrogens is 1800 g/mol. The number of H-pyrrole nitrogens is 5. The third-order valence-electron chi connectivity index (χ3n) is 26.5. The van der Waals surface area contributed by atoms with Crippen molar-refractivity contribution < 1.29 is 0 Å². The lowest BCUT2D eigenvalue weighted by Crippen LogP contribution is -2.42. The number of anilines is 4. The molecule has 0 spiro atoms. The Balaban J connectivity index is 0.000000129. The maximum Gasteiger partial charge on any atom is 0.349 e. The van der Waals surface area contributed by atoms with Gasteiger partial charge in [0.25, 0.3) is 27.8 Å². The summed E-state index contributed by atoms with van der Waals surface area (Å²) < 4.78 is 5.89.